The first-order valence-corrected chi connectivity index (χ1v) is 6.72. The lowest BCUT2D eigenvalue weighted by Crippen LogP contribution is -2.13. The molecular weight excluding hydrogens is 294 g/mol. The molecule has 0 aliphatic carbocycles. The first-order chi connectivity index (χ1) is 8.70. The summed E-state index contributed by atoms with van der Waals surface area (Å²) in [5, 5.41) is 11.3. The molecule has 0 fully saturated rings. The van der Waals surface area contributed by atoms with Crippen molar-refractivity contribution >= 4 is 21.7 Å². The van der Waals surface area contributed by atoms with Gasteiger partial charge in [0.2, 0.25) is 0 Å². The van der Waals surface area contributed by atoms with Crippen LogP contribution in [0, 0.1) is 6.92 Å². The Kier molecular flexibility index (Phi) is 4.30. The number of aryl methyl sites for hydroxylation is 2. The maximum atomic E-state index is 4.34. The van der Waals surface area contributed by atoms with Gasteiger partial charge in [0.15, 0.2) is 0 Å². The summed E-state index contributed by atoms with van der Waals surface area (Å²) in [7, 11) is 0. The summed E-state index contributed by atoms with van der Waals surface area (Å²) in [5.41, 5.74) is 1.13. The van der Waals surface area contributed by atoms with Crippen LogP contribution in [-0.2, 0) is 13.0 Å². The minimum Gasteiger partial charge on any atom is -0.368 e. The predicted octanol–water partition coefficient (Wildman–Crippen LogP) is 2.42. The summed E-state index contributed by atoms with van der Waals surface area (Å²) in [6.45, 7) is 5.76. The molecule has 6 heteroatoms. The quantitative estimate of drug-likeness (QED) is 0.921. The third-order valence-corrected chi connectivity index (χ3v) is 3.14. The molecule has 0 aromatic carbocycles. The zero-order chi connectivity index (χ0) is 13.0. The highest BCUT2D eigenvalue weighted by atomic mass is 79.9. The molecule has 0 amide bonds. The van der Waals surface area contributed by atoms with Crippen molar-refractivity contribution in [2.75, 3.05) is 11.9 Å². The Morgan fingerprint density at radius 1 is 1.44 bits per heavy atom. The van der Waals surface area contributed by atoms with Gasteiger partial charge in [-0.05, 0) is 34.5 Å². The Morgan fingerprint density at radius 2 is 2.28 bits per heavy atom. The third-order valence-electron chi connectivity index (χ3n) is 2.70. The van der Waals surface area contributed by atoms with Gasteiger partial charge in [-0.2, -0.15) is 0 Å². The van der Waals surface area contributed by atoms with Gasteiger partial charge in [0.1, 0.15) is 18.0 Å². The van der Waals surface area contributed by atoms with Crippen molar-refractivity contribution in [3.8, 4) is 0 Å². The van der Waals surface area contributed by atoms with Crippen molar-refractivity contribution in [3.05, 3.63) is 34.5 Å². The first-order valence-electron chi connectivity index (χ1n) is 5.93. The zero-order valence-corrected chi connectivity index (χ0v) is 12.1. The van der Waals surface area contributed by atoms with Crippen LogP contribution in [0.25, 0.3) is 0 Å². The average Bonchev–Trinajstić information content (AvgIpc) is 2.79. The highest BCUT2D eigenvalue weighted by molar-refractivity contribution is 9.10. The van der Waals surface area contributed by atoms with Crippen LogP contribution in [-0.4, -0.2) is 26.3 Å². The number of hydrogen-bond donors (Lipinski definition) is 1. The second-order valence-electron chi connectivity index (χ2n) is 4.04. The summed E-state index contributed by atoms with van der Waals surface area (Å²) in [4.78, 5) is 4.34. The van der Waals surface area contributed by atoms with Crippen molar-refractivity contribution in [3.63, 3.8) is 0 Å². The van der Waals surface area contributed by atoms with E-state index < -0.39 is 0 Å². The number of nitrogens with zero attached hydrogens (tertiary/aromatic N) is 4. The van der Waals surface area contributed by atoms with Crippen LogP contribution in [0.15, 0.2) is 23.1 Å². The number of rotatable bonds is 5. The predicted molar refractivity (Wildman–Crippen MR) is 74.6 cm³/mol. The van der Waals surface area contributed by atoms with Gasteiger partial charge in [-0.3, -0.25) is 0 Å². The molecule has 0 spiro atoms. The monoisotopic (exact) mass is 309 g/mol. The zero-order valence-electron chi connectivity index (χ0n) is 10.5. The highest BCUT2D eigenvalue weighted by Crippen LogP contribution is 2.16. The third kappa shape index (κ3) is 3.07. The van der Waals surface area contributed by atoms with Crippen LogP contribution in [0.3, 0.4) is 0 Å². The van der Waals surface area contributed by atoms with E-state index in [2.05, 4.69) is 47.9 Å². The Labute approximate surface area is 115 Å². The first kappa shape index (κ1) is 13.0. The number of pyridine rings is 1. The van der Waals surface area contributed by atoms with Crippen LogP contribution in [0.2, 0.25) is 0 Å². The molecule has 0 aliphatic rings. The van der Waals surface area contributed by atoms with Gasteiger partial charge in [0.25, 0.3) is 0 Å². The van der Waals surface area contributed by atoms with Crippen molar-refractivity contribution < 1.29 is 0 Å². The van der Waals surface area contributed by atoms with Crippen LogP contribution in [0.4, 0.5) is 5.82 Å². The van der Waals surface area contributed by atoms with E-state index in [0.717, 1.165) is 41.2 Å². The van der Waals surface area contributed by atoms with E-state index in [4.69, 9.17) is 0 Å². The molecule has 5 nitrogen and oxygen atoms in total. The van der Waals surface area contributed by atoms with E-state index in [1.807, 2.05) is 13.0 Å². The fourth-order valence-corrected chi connectivity index (χ4v) is 2.21. The molecule has 0 unspecified atom stereocenters. The Balaban J connectivity index is 1.92. The molecule has 0 atom stereocenters. The largest absolute Gasteiger partial charge is 0.368 e. The molecule has 0 saturated heterocycles. The molecule has 2 aromatic rings. The van der Waals surface area contributed by atoms with Gasteiger partial charge >= 0.3 is 0 Å². The fourth-order valence-electron chi connectivity index (χ4n) is 1.76. The fraction of sp³-hybridized carbons (Fsp3) is 0.417. The minimum atomic E-state index is 0.806. The van der Waals surface area contributed by atoms with Gasteiger partial charge < -0.3 is 9.88 Å². The van der Waals surface area contributed by atoms with Crippen molar-refractivity contribution in [1.82, 2.24) is 19.7 Å². The van der Waals surface area contributed by atoms with E-state index in [9.17, 15) is 0 Å². The standard InChI is InChI=1S/C12H16BrN5/c1-3-11-17-16-8-18(11)5-4-14-12-9(2)6-10(13)7-15-12/h6-8H,3-5H2,1-2H3,(H,14,15). The maximum Gasteiger partial charge on any atom is 0.132 e. The Morgan fingerprint density at radius 3 is 3.00 bits per heavy atom. The molecule has 2 heterocycles. The molecule has 96 valence electrons. The number of hydrogen-bond acceptors (Lipinski definition) is 4. The molecule has 2 aromatic heterocycles. The van der Waals surface area contributed by atoms with Crippen LogP contribution < -0.4 is 5.32 Å². The lowest BCUT2D eigenvalue weighted by Gasteiger charge is -2.09. The van der Waals surface area contributed by atoms with E-state index in [1.165, 1.54) is 0 Å². The van der Waals surface area contributed by atoms with Crippen LogP contribution in [0.5, 0.6) is 0 Å². The van der Waals surface area contributed by atoms with Crippen LogP contribution >= 0.6 is 15.9 Å². The number of anilines is 1. The summed E-state index contributed by atoms with van der Waals surface area (Å²) in [6.07, 6.45) is 4.46. The molecule has 0 radical (unpaired) electrons. The lowest BCUT2D eigenvalue weighted by molar-refractivity contribution is 0.679. The Hall–Kier alpha value is -1.43. The van der Waals surface area contributed by atoms with Crippen LogP contribution in [0.1, 0.15) is 18.3 Å². The van der Waals surface area contributed by atoms with E-state index >= 15 is 0 Å². The molecular formula is C12H16BrN5. The van der Waals surface area contributed by atoms with Crippen molar-refractivity contribution in [2.24, 2.45) is 0 Å². The second kappa shape index (κ2) is 5.95. The van der Waals surface area contributed by atoms with Gasteiger partial charge in [-0.25, -0.2) is 4.98 Å². The summed E-state index contributed by atoms with van der Waals surface area (Å²) >= 11 is 3.40. The van der Waals surface area contributed by atoms with Crippen molar-refractivity contribution in [1.29, 1.82) is 0 Å². The van der Waals surface area contributed by atoms with E-state index in [1.54, 1.807) is 12.5 Å². The highest BCUT2D eigenvalue weighted by Gasteiger charge is 2.02. The molecule has 0 saturated carbocycles. The lowest BCUT2D eigenvalue weighted by atomic mass is 10.3. The smallest absolute Gasteiger partial charge is 0.132 e. The number of nitrogens with one attached hydrogen (secondary N) is 1. The molecule has 2 rings (SSSR count). The SMILES string of the molecule is CCc1nncn1CCNc1ncc(Br)cc1C. The maximum absolute atomic E-state index is 4.34. The van der Waals surface area contributed by atoms with E-state index in [-0.39, 0.29) is 0 Å². The molecule has 18 heavy (non-hydrogen) atoms. The molecule has 0 bridgehead atoms. The molecule has 1 N–H and O–H groups in total. The minimum absolute atomic E-state index is 0.806. The second-order valence-corrected chi connectivity index (χ2v) is 4.96. The topological polar surface area (TPSA) is 55.6 Å². The summed E-state index contributed by atoms with van der Waals surface area (Å²) in [6, 6.07) is 2.05. The Bertz CT molecular complexity index is 523. The molecule has 0 aliphatic heterocycles. The summed E-state index contributed by atoms with van der Waals surface area (Å²) < 4.78 is 3.05. The van der Waals surface area contributed by atoms with Gasteiger partial charge in [0, 0.05) is 30.2 Å². The summed E-state index contributed by atoms with van der Waals surface area (Å²) in [5.74, 6) is 1.93. The van der Waals surface area contributed by atoms with E-state index in [0.29, 0.717) is 0 Å². The normalized spacial score (nSPS) is 10.6. The van der Waals surface area contributed by atoms with Gasteiger partial charge in [0.05, 0.1) is 0 Å². The van der Waals surface area contributed by atoms with Gasteiger partial charge in [-0.1, -0.05) is 6.92 Å². The van der Waals surface area contributed by atoms with Gasteiger partial charge in [-0.15, -0.1) is 10.2 Å². The van der Waals surface area contributed by atoms with Crippen molar-refractivity contribution in [2.45, 2.75) is 26.8 Å². The number of aromatic nitrogens is 4. The average molecular weight is 310 g/mol. The number of halogens is 1.